The van der Waals surface area contributed by atoms with Crippen LogP contribution in [0.3, 0.4) is 0 Å². The second-order valence-electron chi connectivity index (χ2n) is 5.08. The minimum Gasteiger partial charge on any atom is -0.347 e. The lowest BCUT2D eigenvalue weighted by atomic mass is 10.2. The van der Waals surface area contributed by atoms with Gasteiger partial charge in [0.25, 0.3) is 5.91 Å². The maximum Gasteiger partial charge on any atom is 0.251 e. The lowest BCUT2D eigenvalue weighted by Gasteiger charge is -2.04. The van der Waals surface area contributed by atoms with Crippen LogP contribution >= 0.6 is 11.3 Å². The van der Waals surface area contributed by atoms with Gasteiger partial charge < -0.3 is 5.32 Å². The average molecular weight is 345 g/mol. The predicted molar refractivity (Wildman–Crippen MR) is 87.6 cm³/mol. The smallest absolute Gasteiger partial charge is 0.251 e. The summed E-state index contributed by atoms with van der Waals surface area (Å²) in [6.07, 6.45) is 3.41. The van der Waals surface area contributed by atoms with E-state index >= 15 is 0 Å². The predicted octanol–water partition coefficient (Wildman–Crippen LogP) is 3.72. The van der Waals surface area contributed by atoms with E-state index in [1.807, 2.05) is 19.1 Å². The molecule has 0 saturated heterocycles. The minimum absolute atomic E-state index is 0.0727. The highest BCUT2D eigenvalue weighted by Gasteiger charge is 2.13. The summed E-state index contributed by atoms with van der Waals surface area (Å²) in [6.45, 7) is 2.12. The van der Waals surface area contributed by atoms with Gasteiger partial charge in [-0.3, -0.25) is 9.78 Å². The number of amides is 1. The van der Waals surface area contributed by atoms with Crippen LogP contribution in [-0.2, 0) is 6.54 Å². The molecule has 0 aliphatic carbocycles. The van der Waals surface area contributed by atoms with Crippen molar-refractivity contribution in [2.45, 2.75) is 13.5 Å². The molecule has 3 rings (SSSR count). The quantitative estimate of drug-likeness (QED) is 0.784. The van der Waals surface area contributed by atoms with Gasteiger partial charge in [-0.15, -0.1) is 11.3 Å². The molecule has 2 heterocycles. The molecule has 1 aromatic carbocycles. The molecule has 1 amide bonds. The Balaban J connectivity index is 1.71. The van der Waals surface area contributed by atoms with Crippen molar-refractivity contribution >= 4 is 17.2 Å². The van der Waals surface area contributed by atoms with Crippen molar-refractivity contribution in [3.05, 3.63) is 70.5 Å². The van der Waals surface area contributed by atoms with E-state index in [1.54, 1.807) is 12.4 Å². The van der Waals surface area contributed by atoms with Gasteiger partial charge in [0.05, 0.1) is 12.2 Å². The second kappa shape index (κ2) is 6.84. The number of carbonyl (C=O) groups excluding carboxylic acids is 1. The summed E-state index contributed by atoms with van der Waals surface area (Å²) in [5.74, 6) is -2.49. The molecular weight excluding hydrogens is 332 g/mol. The monoisotopic (exact) mass is 345 g/mol. The van der Waals surface area contributed by atoms with Gasteiger partial charge in [0.1, 0.15) is 5.01 Å². The van der Waals surface area contributed by atoms with E-state index in [-0.39, 0.29) is 12.1 Å². The topological polar surface area (TPSA) is 54.9 Å². The van der Waals surface area contributed by atoms with Crippen LogP contribution in [0.25, 0.3) is 10.6 Å². The molecule has 1 N–H and O–H groups in total. The van der Waals surface area contributed by atoms with E-state index in [9.17, 15) is 13.6 Å². The van der Waals surface area contributed by atoms with E-state index in [1.165, 1.54) is 17.4 Å². The van der Waals surface area contributed by atoms with Crippen molar-refractivity contribution in [3.8, 4) is 10.6 Å². The molecule has 24 heavy (non-hydrogen) atoms. The van der Waals surface area contributed by atoms with Crippen molar-refractivity contribution in [1.29, 1.82) is 0 Å². The summed E-state index contributed by atoms with van der Waals surface area (Å²) in [4.78, 5) is 21.5. The van der Waals surface area contributed by atoms with Gasteiger partial charge >= 0.3 is 0 Å². The number of pyridine rings is 1. The zero-order valence-corrected chi connectivity index (χ0v) is 13.5. The summed E-state index contributed by atoms with van der Waals surface area (Å²) in [5, 5.41) is 3.51. The molecule has 0 spiro atoms. The van der Waals surface area contributed by atoms with Crippen molar-refractivity contribution < 1.29 is 13.6 Å². The first-order chi connectivity index (χ1) is 11.5. The zero-order valence-electron chi connectivity index (χ0n) is 12.7. The van der Waals surface area contributed by atoms with Gasteiger partial charge in [0, 0.05) is 28.4 Å². The highest BCUT2D eigenvalue weighted by Crippen LogP contribution is 2.27. The first kappa shape index (κ1) is 16.2. The lowest BCUT2D eigenvalue weighted by molar-refractivity contribution is 0.0950. The van der Waals surface area contributed by atoms with E-state index in [4.69, 9.17) is 0 Å². The normalized spacial score (nSPS) is 10.6. The molecule has 0 atom stereocenters. The Morgan fingerprint density at radius 1 is 1.25 bits per heavy atom. The Bertz CT molecular complexity index is 881. The number of carbonyl (C=O) groups is 1. The number of nitrogens with one attached hydrogen (secondary N) is 1. The SMILES string of the molecule is Cc1nc(-c2cccnc2)sc1CNC(=O)c1ccc(F)c(F)c1. The molecule has 0 bridgehead atoms. The van der Waals surface area contributed by atoms with Gasteiger partial charge in [-0.2, -0.15) is 0 Å². The van der Waals surface area contributed by atoms with Crippen LogP contribution in [0, 0.1) is 18.6 Å². The van der Waals surface area contributed by atoms with E-state index in [0.717, 1.165) is 33.3 Å². The number of thiazole rings is 1. The van der Waals surface area contributed by atoms with E-state index < -0.39 is 17.5 Å². The van der Waals surface area contributed by atoms with Crippen molar-refractivity contribution in [3.63, 3.8) is 0 Å². The standard InChI is InChI=1S/C17H13F2N3OS/c1-10-15(24-17(22-10)12-3-2-6-20-8-12)9-21-16(23)11-4-5-13(18)14(19)7-11/h2-8H,9H2,1H3,(H,21,23). The van der Waals surface area contributed by atoms with Crippen molar-refractivity contribution in [2.75, 3.05) is 0 Å². The van der Waals surface area contributed by atoms with Crippen molar-refractivity contribution in [2.24, 2.45) is 0 Å². The molecule has 0 aliphatic heterocycles. The first-order valence-corrected chi connectivity index (χ1v) is 7.96. The number of rotatable bonds is 4. The first-order valence-electron chi connectivity index (χ1n) is 7.14. The molecule has 122 valence electrons. The summed E-state index contributed by atoms with van der Waals surface area (Å²) in [6, 6.07) is 6.80. The number of hydrogen-bond donors (Lipinski definition) is 1. The molecule has 0 fully saturated rings. The van der Waals surface area contributed by atoms with Gasteiger partial charge in [-0.1, -0.05) is 0 Å². The van der Waals surface area contributed by atoms with Crippen LogP contribution in [0.5, 0.6) is 0 Å². The average Bonchev–Trinajstić information content (AvgIpc) is 2.97. The molecule has 7 heteroatoms. The number of aryl methyl sites for hydroxylation is 1. The lowest BCUT2D eigenvalue weighted by Crippen LogP contribution is -2.22. The molecule has 4 nitrogen and oxygen atoms in total. The Labute approximate surface area is 141 Å². The number of halogens is 2. The summed E-state index contributed by atoms with van der Waals surface area (Å²) >= 11 is 1.46. The number of hydrogen-bond acceptors (Lipinski definition) is 4. The Morgan fingerprint density at radius 3 is 2.79 bits per heavy atom. The maximum absolute atomic E-state index is 13.2. The maximum atomic E-state index is 13.2. The van der Waals surface area contributed by atoms with Gasteiger partial charge in [0.2, 0.25) is 0 Å². The fourth-order valence-corrected chi connectivity index (χ4v) is 3.10. The van der Waals surface area contributed by atoms with Crippen LogP contribution < -0.4 is 5.32 Å². The third kappa shape index (κ3) is 3.46. The highest BCUT2D eigenvalue weighted by atomic mass is 32.1. The highest BCUT2D eigenvalue weighted by molar-refractivity contribution is 7.15. The molecule has 0 radical (unpaired) electrons. The fourth-order valence-electron chi connectivity index (χ4n) is 2.10. The Morgan fingerprint density at radius 2 is 2.08 bits per heavy atom. The Hall–Kier alpha value is -2.67. The third-order valence-corrected chi connectivity index (χ3v) is 4.60. The summed E-state index contributed by atoms with van der Waals surface area (Å²) in [7, 11) is 0. The van der Waals surface area contributed by atoms with Gasteiger partial charge in [-0.25, -0.2) is 13.8 Å². The largest absolute Gasteiger partial charge is 0.347 e. The number of nitrogens with zero attached hydrogens (tertiary/aromatic N) is 2. The molecule has 0 unspecified atom stereocenters. The summed E-state index contributed by atoms with van der Waals surface area (Å²) in [5.41, 5.74) is 1.79. The number of aromatic nitrogens is 2. The van der Waals surface area contributed by atoms with Crippen LogP contribution in [0.4, 0.5) is 8.78 Å². The number of benzene rings is 1. The molecule has 0 aliphatic rings. The van der Waals surface area contributed by atoms with E-state index in [2.05, 4.69) is 15.3 Å². The van der Waals surface area contributed by atoms with Crippen LogP contribution in [0.15, 0.2) is 42.7 Å². The third-order valence-electron chi connectivity index (χ3n) is 3.39. The van der Waals surface area contributed by atoms with Gasteiger partial charge in [-0.05, 0) is 37.3 Å². The van der Waals surface area contributed by atoms with E-state index in [0.29, 0.717) is 0 Å². The zero-order chi connectivity index (χ0) is 17.1. The molecular formula is C17H13F2N3OS. The summed E-state index contributed by atoms with van der Waals surface area (Å²) < 4.78 is 26.1. The van der Waals surface area contributed by atoms with Crippen LogP contribution in [0.2, 0.25) is 0 Å². The molecule has 2 aromatic heterocycles. The Kier molecular flexibility index (Phi) is 4.61. The fraction of sp³-hybridized carbons (Fsp3) is 0.118. The van der Waals surface area contributed by atoms with Crippen LogP contribution in [-0.4, -0.2) is 15.9 Å². The van der Waals surface area contributed by atoms with Crippen LogP contribution in [0.1, 0.15) is 20.9 Å². The minimum atomic E-state index is -1.05. The molecule has 3 aromatic rings. The van der Waals surface area contributed by atoms with Crippen molar-refractivity contribution in [1.82, 2.24) is 15.3 Å². The second-order valence-corrected chi connectivity index (χ2v) is 6.16. The van der Waals surface area contributed by atoms with Gasteiger partial charge in [0.15, 0.2) is 11.6 Å². The molecule has 0 saturated carbocycles.